The first-order valence-electron chi connectivity index (χ1n) is 7.67. The zero-order valence-electron chi connectivity index (χ0n) is 12.8. The number of nitrogens with one attached hydrogen (secondary N) is 1. The molecular formula is C18H17F3N2O. The van der Waals surface area contributed by atoms with Crippen molar-refractivity contribution in [3.63, 3.8) is 0 Å². The molecule has 1 aliphatic heterocycles. The molecule has 0 atom stereocenters. The van der Waals surface area contributed by atoms with Crippen molar-refractivity contribution in [1.82, 2.24) is 10.2 Å². The molecule has 1 N–H and O–H groups in total. The average Bonchev–Trinajstić information content (AvgIpc) is 2.53. The third-order valence-corrected chi connectivity index (χ3v) is 4.10. The Morgan fingerprint density at radius 2 is 1.42 bits per heavy atom. The van der Waals surface area contributed by atoms with E-state index >= 15 is 0 Å². The largest absolute Gasteiger partial charge is 0.471 e. The highest BCUT2D eigenvalue weighted by atomic mass is 19.4. The van der Waals surface area contributed by atoms with E-state index in [-0.39, 0.29) is 6.04 Å². The summed E-state index contributed by atoms with van der Waals surface area (Å²) in [6, 6.07) is 19.1. The molecule has 24 heavy (non-hydrogen) atoms. The molecule has 6 heteroatoms. The second-order valence-corrected chi connectivity index (χ2v) is 5.85. The summed E-state index contributed by atoms with van der Waals surface area (Å²) in [5.74, 6) is -1.87. The maximum atomic E-state index is 12.3. The summed E-state index contributed by atoms with van der Waals surface area (Å²) in [6.07, 6.45) is -4.83. The zero-order valence-corrected chi connectivity index (χ0v) is 12.8. The minimum Gasteiger partial charge on any atom is -0.343 e. The molecular weight excluding hydrogens is 317 g/mol. The highest BCUT2D eigenvalue weighted by Gasteiger charge is 2.42. The molecule has 3 nitrogen and oxygen atoms in total. The second kappa shape index (κ2) is 6.65. The highest BCUT2D eigenvalue weighted by molar-refractivity contribution is 5.82. The quantitative estimate of drug-likeness (QED) is 0.932. The second-order valence-electron chi connectivity index (χ2n) is 5.85. The number of hydrogen-bond donors (Lipinski definition) is 1. The summed E-state index contributed by atoms with van der Waals surface area (Å²) < 4.78 is 37.0. The van der Waals surface area contributed by atoms with Crippen LogP contribution < -0.4 is 5.32 Å². The first-order valence-corrected chi connectivity index (χ1v) is 7.67. The van der Waals surface area contributed by atoms with Crippen LogP contribution in [0.2, 0.25) is 0 Å². The van der Waals surface area contributed by atoms with Crippen molar-refractivity contribution in [2.45, 2.75) is 18.3 Å². The maximum Gasteiger partial charge on any atom is 0.471 e. The average molecular weight is 334 g/mol. The third-order valence-electron chi connectivity index (χ3n) is 4.10. The number of alkyl halides is 3. The fourth-order valence-corrected chi connectivity index (χ4v) is 2.97. The van der Waals surface area contributed by atoms with Gasteiger partial charge in [-0.1, -0.05) is 60.7 Å². The normalized spacial score (nSPS) is 16.0. The van der Waals surface area contributed by atoms with Crippen molar-refractivity contribution in [3.8, 4) is 0 Å². The van der Waals surface area contributed by atoms with Crippen molar-refractivity contribution in [3.05, 3.63) is 71.8 Å². The van der Waals surface area contributed by atoms with Crippen LogP contribution in [0.5, 0.6) is 0 Å². The van der Waals surface area contributed by atoms with Gasteiger partial charge >= 0.3 is 12.1 Å². The van der Waals surface area contributed by atoms with Crippen molar-refractivity contribution < 1.29 is 18.0 Å². The van der Waals surface area contributed by atoms with Crippen LogP contribution >= 0.6 is 0 Å². The molecule has 0 radical (unpaired) electrons. The monoisotopic (exact) mass is 334 g/mol. The third kappa shape index (κ3) is 3.59. The van der Waals surface area contributed by atoms with Crippen LogP contribution in [0.3, 0.4) is 0 Å². The molecule has 1 fully saturated rings. The first-order chi connectivity index (χ1) is 11.4. The van der Waals surface area contributed by atoms with Crippen molar-refractivity contribution in [2.75, 3.05) is 13.1 Å². The number of halogens is 3. The summed E-state index contributed by atoms with van der Waals surface area (Å²) in [5.41, 5.74) is 2.15. The van der Waals surface area contributed by atoms with E-state index in [1.165, 1.54) is 0 Å². The van der Waals surface area contributed by atoms with E-state index in [4.69, 9.17) is 0 Å². The molecule has 0 saturated carbocycles. The van der Waals surface area contributed by atoms with Gasteiger partial charge in [0.15, 0.2) is 0 Å². The highest BCUT2D eigenvalue weighted by Crippen LogP contribution is 2.32. The Balaban J connectivity index is 1.72. The topological polar surface area (TPSA) is 32.3 Å². The van der Waals surface area contributed by atoms with Gasteiger partial charge in [0, 0.05) is 13.1 Å². The molecule has 1 aliphatic rings. The number of likely N-dealkylation sites (tertiary alicyclic amines) is 1. The minimum atomic E-state index is -4.83. The summed E-state index contributed by atoms with van der Waals surface area (Å²) in [4.78, 5) is 13.1. The molecule has 1 heterocycles. The summed E-state index contributed by atoms with van der Waals surface area (Å²) in [7, 11) is 0. The molecule has 2 aromatic rings. The molecule has 0 bridgehead atoms. The fourth-order valence-electron chi connectivity index (χ4n) is 2.97. The van der Waals surface area contributed by atoms with E-state index < -0.39 is 18.1 Å². The van der Waals surface area contributed by atoms with Crippen molar-refractivity contribution in [2.24, 2.45) is 0 Å². The van der Waals surface area contributed by atoms with E-state index in [1.807, 2.05) is 66.0 Å². The molecule has 3 rings (SSSR count). The van der Waals surface area contributed by atoms with Crippen LogP contribution in [0, 0.1) is 0 Å². The van der Waals surface area contributed by atoms with E-state index in [2.05, 4.69) is 4.90 Å². The van der Waals surface area contributed by atoms with Gasteiger partial charge < -0.3 is 5.32 Å². The SMILES string of the molecule is O=C(NC1CN(C(c2ccccc2)c2ccccc2)C1)C(F)(F)F. The van der Waals surface area contributed by atoms with Gasteiger partial charge in [-0.3, -0.25) is 9.69 Å². The Kier molecular flexibility index (Phi) is 4.57. The predicted molar refractivity (Wildman–Crippen MR) is 84.3 cm³/mol. The predicted octanol–water partition coefficient (Wildman–Crippen LogP) is 3.14. The molecule has 2 aromatic carbocycles. The lowest BCUT2D eigenvalue weighted by molar-refractivity contribution is -0.175. The Morgan fingerprint density at radius 3 is 1.83 bits per heavy atom. The lowest BCUT2D eigenvalue weighted by Gasteiger charge is -2.45. The van der Waals surface area contributed by atoms with Gasteiger partial charge in [-0.05, 0) is 11.1 Å². The van der Waals surface area contributed by atoms with E-state index in [1.54, 1.807) is 0 Å². The zero-order chi connectivity index (χ0) is 17.2. The number of amides is 1. The molecule has 0 spiro atoms. The molecule has 0 aliphatic carbocycles. The standard InChI is InChI=1S/C18H17F3N2O/c19-18(20,21)17(24)22-15-11-23(12-15)16(13-7-3-1-4-8-13)14-9-5-2-6-10-14/h1-10,15-16H,11-12H2,(H,22,24). The van der Waals surface area contributed by atoms with Crippen LogP contribution in [-0.4, -0.2) is 36.1 Å². The van der Waals surface area contributed by atoms with Crippen molar-refractivity contribution >= 4 is 5.91 Å². The Morgan fingerprint density at radius 1 is 0.958 bits per heavy atom. The molecule has 1 amide bonds. The van der Waals surface area contributed by atoms with Crippen molar-refractivity contribution in [1.29, 1.82) is 0 Å². The summed E-state index contributed by atoms with van der Waals surface area (Å²) in [5, 5.41) is 2.04. The number of carbonyl (C=O) groups is 1. The summed E-state index contributed by atoms with van der Waals surface area (Å²) in [6.45, 7) is 0.770. The van der Waals surface area contributed by atoms with Gasteiger partial charge in [-0.25, -0.2) is 0 Å². The van der Waals surface area contributed by atoms with Crippen LogP contribution in [0.25, 0.3) is 0 Å². The van der Waals surface area contributed by atoms with E-state index in [0.717, 1.165) is 11.1 Å². The Hall–Kier alpha value is -2.34. The van der Waals surface area contributed by atoms with Gasteiger partial charge in [-0.2, -0.15) is 13.2 Å². The lowest BCUT2D eigenvalue weighted by Crippen LogP contribution is -2.61. The summed E-state index contributed by atoms with van der Waals surface area (Å²) >= 11 is 0. The molecule has 1 saturated heterocycles. The molecule has 0 unspecified atom stereocenters. The number of rotatable bonds is 4. The van der Waals surface area contributed by atoms with E-state index in [0.29, 0.717) is 13.1 Å². The molecule has 0 aromatic heterocycles. The number of carbonyl (C=O) groups excluding carboxylic acids is 1. The number of benzene rings is 2. The first kappa shape index (κ1) is 16.5. The fraction of sp³-hybridized carbons (Fsp3) is 0.278. The Labute approximate surface area is 138 Å². The van der Waals surface area contributed by atoms with Gasteiger partial charge in [0.25, 0.3) is 0 Å². The van der Waals surface area contributed by atoms with Gasteiger partial charge in [0.2, 0.25) is 0 Å². The van der Waals surface area contributed by atoms with Crippen LogP contribution in [0.4, 0.5) is 13.2 Å². The van der Waals surface area contributed by atoms with Crippen LogP contribution in [0.1, 0.15) is 17.2 Å². The number of nitrogens with zero attached hydrogens (tertiary/aromatic N) is 1. The van der Waals surface area contributed by atoms with Gasteiger partial charge in [0.05, 0.1) is 12.1 Å². The molecule has 126 valence electrons. The lowest BCUT2D eigenvalue weighted by atomic mass is 9.93. The smallest absolute Gasteiger partial charge is 0.343 e. The minimum absolute atomic E-state index is 0.0357. The van der Waals surface area contributed by atoms with Crippen LogP contribution in [0.15, 0.2) is 60.7 Å². The Bertz CT molecular complexity index is 643. The van der Waals surface area contributed by atoms with Crippen LogP contribution in [-0.2, 0) is 4.79 Å². The van der Waals surface area contributed by atoms with Gasteiger partial charge in [-0.15, -0.1) is 0 Å². The number of hydrogen-bond acceptors (Lipinski definition) is 2. The van der Waals surface area contributed by atoms with Gasteiger partial charge in [0.1, 0.15) is 0 Å². The maximum absolute atomic E-state index is 12.3. The van der Waals surface area contributed by atoms with E-state index in [9.17, 15) is 18.0 Å².